The van der Waals surface area contributed by atoms with E-state index in [2.05, 4.69) is 15.3 Å². The molecular formula is C11H11N3O3S. The fourth-order valence-electron chi connectivity index (χ4n) is 1.37. The molecule has 0 amide bonds. The van der Waals surface area contributed by atoms with Gasteiger partial charge in [-0.15, -0.1) is 11.3 Å². The standard InChI is InChI=1S/C11H11N3O3S/c1-17-9-6-12-5-8(13-9)14-10(11(15)16)7-3-2-4-18-7/h2-6,10H,1H3,(H,13,14)(H,15,16). The summed E-state index contributed by atoms with van der Waals surface area (Å²) in [7, 11) is 1.47. The molecule has 0 aliphatic rings. The van der Waals surface area contributed by atoms with E-state index in [0.29, 0.717) is 16.6 Å². The first-order valence-corrected chi connectivity index (χ1v) is 5.97. The van der Waals surface area contributed by atoms with E-state index in [-0.39, 0.29) is 0 Å². The second-order valence-corrected chi connectivity index (χ2v) is 4.36. The monoisotopic (exact) mass is 265 g/mol. The third-order valence-electron chi connectivity index (χ3n) is 2.19. The average molecular weight is 265 g/mol. The van der Waals surface area contributed by atoms with Crippen molar-refractivity contribution in [2.75, 3.05) is 12.4 Å². The molecule has 18 heavy (non-hydrogen) atoms. The number of anilines is 1. The second kappa shape index (κ2) is 5.46. The zero-order chi connectivity index (χ0) is 13.0. The fraction of sp³-hybridized carbons (Fsp3) is 0.182. The Morgan fingerprint density at radius 1 is 1.56 bits per heavy atom. The van der Waals surface area contributed by atoms with Crippen molar-refractivity contribution in [1.29, 1.82) is 0 Å². The minimum Gasteiger partial charge on any atom is -0.480 e. The van der Waals surface area contributed by atoms with Crippen molar-refractivity contribution in [3.8, 4) is 5.88 Å². The van der Waals surface area contributed by atoms with Crippen LogP contribution in [0.4, 0.5) is 5.82 Å². The number of rotatable bonds is 5. The molecule has 1 atom stereocenters. The smallest absolute Gasteiger partial charge is 0.331 e. The average Bonchev–Trinajstić information content (AvgIpc) is 2.89. The molecular weight excluding hydrogens is 254 g/mol. The third-order valence-corrected chi connectivity index (χ3v) is 3.13. The minimum atomic E-state index is -0.970. The van der Waals surface area contributed by atoms with Gasteiger partial charge >= 0.3 is 5.97 Å². The summed E-state index contributed by atoms with van der Waals surface area (Å²) in [6, 6.07) is 2.71. The van der Waals surface area contributed by atoms with Gasteiger partial charge in [-0.25, -0.2) is 4.79 Å². The van der Waals surface area contributed by atoms with Gasteiger partial charge in [0, 0.05) is 4.88 Å². The van der Waals surface area contributed by atoms with Crippen molar-refractivity contribution in [3.05, 3.63) is 34.8 Å². The lowest BCUT2D eigenvalue weighted by atomic mass is 10.2. The van der Waals surface area contributed by atoms with Gasteiger partial charge in [0.05, 0.1) is 19.5 Å². The minimum absolute atomic E-state index is 0.329. The van der Waals surface area contributed by atoms with Crippen LogP contribution in [0.3, 0.4) is 0 Å². The molecule has 2 aromatic rings. The molecule has 0 aromatic carbocycles. The molecule has 2 rings (SSSR count). The number of aliphatic carboxylic acids is 1. The number of carbonyl (C=O) groups is 1. The largest absolute Gasteiger partial charge is 0.480 e. The Bertz CT molecular complexity index is 530. The van der Waals surface area contributed by atoms with E-state index in [9.17, 15) is 9.90 Å². The molecule has 0 saturated heterocycles. The molecule has 0 saturated carbocycles. The molecule has 0 fully saturated rings. The SMILES string of the molecule is COc1cncc(NC(C(=O)O)c2cccs2)n1. The van der Waals surface area contributed by atoms with Crippen LogP contribution in [0, 0.1) is 0 Å². The van der Waals surface area contributed by atoms with Crippen LogP contribution in [0.5, 0.6) is 5.88 Å². The molecule has 6 nitrogen and oxygen atoms in total. The first-order valence-electron chi connectivity index (χ1n) is 5.09. The van der Waals surface area contributed by atoms with Crippen LogP contribution in [0.15, 0.2) is 29.9 Å². The molecule has 0 aliphatic heterocycles. The highest BCUT2D eigenvalue weighted by atomic mass is 32.1. The first-order chi connectivity index (χ1) is 8.70. The molecule has 2 N–H and O–H groups in total. The summed E-state index contributed by atoms with van der Waals surface area (Å²) in [5, 5.41) is 13.8. The summed E-state index contributed by atoms with van der Waals surface area (Å²) >= 11 is 1.37. The molecule has 2 aromatic heterocycles. The number of thiophene rings is 1. The number of carboxylic acid groups (broad SMARTS) is 1. The molecule has 7 heteroatoms. The summed E-state index contributed by atoms with van der Waals surface area (Å²) < 4.78 is 4.93. The number of nitrogens with one attached hydrogen (secondary N) is 1. The quantitative estimate of drug-likeness (QED) is 0.857. The van der Waals surface area contributed by atoms with Crippen LogP contribution in [-0.4, -0.2) is 28.2 Å². The Hall–Kier alpha value is -2.15. The summed E-state index contributed by atoms with van der Waals surface area (Å²) in [5.41, 5.74) is 0. The number of carboxylic acids is 1. The van der Waals surface area contributed by atoms with Gasteiger partial charge in [-0.2, -0.15) is 4.98 Å². The third kappa shape index (κ3) is 2.75. The van der Waals surface area contributed by atoms with Crippen molar-refractivity contribution in [3.63, 3.8) is 0 Å². The Labute approximate surface area is 107 Å². The van der Waals surface area contributed by atoms with Crippen LogP contribution in [0.25, 0.3) is 0 Å². The normalized spacial score (nSPS) is 11.8. The molecule has 0 aliphatic carbocycles. The zero-order valence-electron chi connectivity index (χ0n) is 9.53. The van der Waals surface area contributed by atoms with Gasteiger partial charge in [-0.3, -0.25) is 4.98 Å². The lowest BCUT2D eigenvalue weighted by Crippen LogP contribution is -2.20. The van der Waals surface area contributed by atoms with Crippen molar-refractivity contribution in [2.45, 2.75) is 6.04 Å². The first kappa shape index (κ1) is 12.3. The van der Waals surface area contributed by atoms with Crippen molar-refractivity contribution in [2.24, 2.45) is 0 Å². The Morgan fingerprint density at radius 2 is 2.39 bits per heavy atom. The highest BCUT2D eigenvalue weighted by Gasteiger charge is 2.21. The maximum absolute atomic E-state index is 11.2. The van der Waals surface area contributed by atoms with E-state index in [1.807, 2.05) is 5.38 Å². The summed E-state index contributed by atoms with van der Waals surface area (Å²) in [6.45, 7) is 0. The predicted molar refractivity (Wildman–Crippen MR) is 66.9 cm³/mol. The van der Waals surface area contributed by atoms with Crippen LogP contribution in [-0.2, 0) is 4.79 Å². The summed E-state index contributed by atoms with van der Waals surface area (Å²) in [4.78, 5) is 19.9. The van der Waals surface area contributed by atoms with Gasteiger partial charge in [-0.1, -0.05) is 6.07 Å². The Balaban J connectivity index is 2.21. The molecule has 94 valence electrons. The number of hydrogen-bond acceptors (Lipinski definition) is 6. The van der Waals surface area contributed by atoms with E-state index in [4.69, 9.17) is 4.74 Å². The van der Waals surface area contributed by atoms with Crippen molar-refractivity contribution >= 4 is 23.1 Å². The van der Waals surface area contributed by atoms with E-state index in [1.54, 1.807) is 12.1 Å². The van der Waals surface area contributed by atoms with E-state index < -0.39 is 12.0 Å². The number of aromatic nitrogens is 2. The van der Waals surface area contributed by atoms with E-state index in [0.717, 1.165) is 0 Å². The fourth-order valence-corrected chi connectivity index (χ4v) is 2.14. The van der Waals surface area contributed by atoms with Crippen LogP contribution in [0.2, 0.25) is 0 Å². The maximum Gasteiger partial charge on any atom is 0.331 e. The summed E-state index contributed by atoms with van der Waals surface area (Å²) in [6.07, 6.45) is 2.90. The number of hydrogen-bond donors (Lipinski definition) is 2. The van der Waals surface area contributed by atoms with Gasteiger partial charge in [-0.05, 0) is 11.4 Å². The van der Waals surface area contributed by atoms with E-state index >= 15 is 0 Å². The van der Waals surface area contributed by atoms with Crippen LogP contribution >= 0.6 is 11.3 Å². The predicted octanol–water partition coefficient (Wildman–Crippen LogP) is 1.78. The molecule has 0 spiro atoms. The Morgan fingerprint density at radius 3 is 3.00 bits per heavy atom. The van der Waals surface area contributed by atoms with Gasteiger partial charge < -0.3 is 15.2 Å². The lowest BCUT2D eigenvalue weighted by molar-refractivity contribution is -0.138. The van der Waals surface area contributed by atoms with Gasteiger partial charge in [0.25, 0.3) is 0 Å². The molecule has 2 heterocycles. The number of ether oxygens (including phenoxy) is 1. The lowest BCUT2D eigenvalue weighted by Gasteiger charge is -2.13. The number of methoxy groups -OCH3 is 1. The van der Waals surface area contributed by atoms with Gasteiger partial charge in [0.1, 0.15) is 5.82 Å². The zero-order valence-corrected chi connectivity index (χ0v) is 10.3. The summed E-state index contributed by atoms with van der Waals surface area (Å²) in [5.74, 6) is -0.285. The van der Waals surface area contributed by atoms with Crippen molar-refractivity contribution in [1.82, 2.24) is 9.97 Å². The molecule has 0 radical (unpaired) electrons. The van der Waals surface area contributed by atoms with Crippen molar-refractivity contribution < 1.29 is 14.6 Å². The molecule has 0 bridgehead atoms. The topological polar surface area (TPSA) is 84.3 Å². The maximum atomic E-state index is 11.2. The van der Waals surface area contributed by atoms with Crippen LogP contribution in [0.1, 0.15) is 10.9 Å². The Kier molecular flexibility index (Phi) is 3.73. The van der Waals surface area contributed by atoms with Gasteiger partial charge in [0.2, 0.25) is 5.88 Å². The second-order valence-electron chi connectivity index (χ2n) is 3.38. The highest BCUT2D eigenvalue weighted by molar-refractivity contribution is 7.10. The van der Waals surface area contributed by atoms with Crippen LogP contribution < -0.4 is 10.1 Å². The molecule has 1 unspecified atom stereocenters. The van der Waals surface area contributed by atoms with E-state index in [1.165, 1.54) is 30.8 Å². The highest BCUT2D eigenvalue weighted by Crippen LogP contribution is 2.23. The van der Waals surface area contributed by atoms with Gasteiger partial charge in [0.15, 0.2) is 6.04 Å². The number of nitrogens with zero attached hydrogens (tertiary/aromatic N) is 2.